The molecule has 1 aromatic heterocycles. The van der Waals surface area contributed by atoms with E-state index in [4.69, 9.17) is 21.1 Å². The molecule has 1 atom stereocenters. The highest BCUT2D eigenvalue weighted by Crippen LogP contribution is 2.40. The molecule has 4 aromatic rings. The quantitative estimate of drug-likeness (QED) is 0.342. The van der Waals surface area contributed by atoms with Gasteiger partial charge in [0, 0.05) is 39.7 Å². The Morgan fingerprint density at radius 2 is 2.00 bits per heavy atom. The maximum atomic E-state index is 12.7. The second kappa shape index (κ2) is 9.79. The highest BCUT2D eigenvalue weighted by Gasteiger charge is 2.28. The summed E-state index contributed by atoms with van der Waals surface area (Å²) in [6.07, 6.45) is 0.458. The van der Waals surface area contributed by atoms with E-state index in [1.165, 1.54) is 0 Å². The predicted octanol–water partition coefficient (Wildman–Crippen LogP) is 4.38. The smallest absolute Gasteiger partial charge is 0.258 e. The number of halogens is 1. The number of fused-ring (bicyclic) bond motifs is 2. The number of carbonyl (C=O) groups excluding carboxylic acids is 1. The molecule has 9 nitrogen and oxygen atoms in total. The Morgan fingerprint density at radius 3 is 2.75 bits per heavy atom. The number of anilines is 1. The van der Waals surface area contributed by atoms with Crippen molar-refractivity contribution < 1.29 is 24.5 Å². The van der Waals surface area contributed by atoms with Crippen LogP contribution in [0.1, 0.15) is 33.8 Å². The van der Waals surface area contributed by atoms with Crippen molar-refractivity contribution in [3.8, 4) is 23.3 Å². The van der Waals surface area contributed by atoms with E-state index in [9.17, 15) is 20.3 Å². The molecule has 0 aliphatic carbocycles. The summed E-state index contributed by atoms with van der Waals surface area (Å²) in [5.74, 6) is 0.305. The molecular formula is C26H19ClN4O5. The Morgan fingerprint density at radius 1 is 1.19 bits per heavy atom. The number of amides is 1. The van der Waals surface area contributed by atoms with Crippen LogP contribution >= 0.6 is 11.6 Å². The van der Waals surface area contributed by atoms with Crippen LogP contribution in [0.4, 0.5) is 5.95 Å². The summed E-state index contributed by atoms with van der Waals surface area (Å²) in [6, 6.07) is 16.7. The van der Waals surface area contributed by atoms with Gasteiger partial charge in [-0.1, -0.05) is 11.6 Å². The standard InChI is InChI=1S/C26H19ClN4O5/c27-17-3-6-21-16(9-17)13-29-26(30-21)31-24(32)14-1-4-18(5-2-14)36-22-11-23-20(10-15(22)12-28)19(25(33)34)7-8-35-23/h1-6,9-11,13,19,25,33-34H,7-8H2,(H,29,30,31,32). The van der Waals surface area contributed by atoms with Crippen LogP contribution in [-0.4, -0.2) is 39.0 Å². The van der Waals surface area contributed by atoms with Gasteiger partial charge < -0.3 is 19.7 Å². The number of ether oxygens (including phenoxy) is 2. The minimum absolute atomic E-state index is 0.161. The van der Waals surface area contributed by atoms with Crippen molar-refractivity contribution in [2.24, 2.45) is 0 Å². The second-order valence-electron chi connectivity index (χ2n) is 8.13. The zero-order chi connectivity index (χ0) is 25.2. The summed E-state index contributed by atoms with van der Waals surface area (Å²) >= 11 is 5.98. The number of benzene rings is 3. The lowest BCUT2D eigenvalue weighted by Gasteiger charge is -2.27. The van der Waals surface area contributed by atoms with Gasteiger partial charge in [0.15, 0.2) is 6.29 Å². The lowest BCUT2D eigenvalue weighted by Crippen LogP contribution is -2.24. The fourth-order valence-corrected chi connectivity index (χ4v) is 4.15. The lowest BCUT2D eigenvalue weighted by atomic mass is 9.91. The van der Waals surface area contributed by atoms with Crippen molar-refractivity contribution in [1.82, 2.24) is 9.97 Å². The minimum Gasteiger partial charge on any atom is -0.493 e. The van der Waals surface area contributed by atoms with Gasteiger partial charge in [0.25, 0.3) is 5.91 Å². The number of aliphatic hydroxyl groups is 2. The van der Waals surface area contributed by atoms with Crippen molar-refractivity contribution in [2.45, 2.75) is 18.6 Å². The molecule has 1 aliphatic heterocycles. The first-order valence-electron chi connectivity index (χ1n) is 11.0. The molecule has 2 heterocycles. The monoisotopic (exact) mass is 502 g/mol. The molecule has 0 fully saturated rings. The Bertz CT molecular complexity index is 1500. The van der Waals surface area contributed by atoms with E-state index in [0.29, 0.717) is 46.2 Å². The fourth-order valence-electron chi connectivity index (χ4n) is 3.97. The number of hydrogen-bond donors (Lipinski definition) is 3. The molecule has 3 aromatic carbocycles. The number of aliphatic hydroxyl groups excluding tert-OH is 1. The molecule has 3 N–H and O–H groups in total. The molecule has 0 saturated carbocycles. The maximum Gasteiger partial charge on any atom is 0.258 e. The number of aromatic nitrogens is 2. The zero-order valence-electron chi connectivity index (χ0n) is 18.7. The largest absolute Gasteiger partial charge is 0.493 e. The Hall–Kier alpha value is -4.23. The first kappa shape index (κ1) is 23.5. The minimum atomic E-state index is -1.55. The van der Waals surface area contributed by atoms with E-state index < -0.39 is 18.1 Å². The summed E-state index contributed by atoms with van der Waals surface area (Å²) in [6.45, 7) is 0.319. The van der Waals surface area contributed by atoms with Crippen molar-refractivity contribution >= 4 is 34.4 Å². The molecule has 1 unspecified atom stereocenters. The van der Waals surface area contributed by atoms with Gasteiger partial charge in [-0.2, -0.15) is 5.26 Å². The molecule has 1 aliphatic rings. The zero-order valence-corrected chi connectivity index (χ0v) is 19.4. The Kier molecular flexibility index (Phi) is 6.40. The van der Waals surface area contributed by atoms with Gasteiger partial charge in [0.05, 0.1) is 17.7 Å². The molecule has 180 valence electrons. The van der Waals surface area contributed by atoms with Crippen molar-refractivity contribution in [2.75, 3.05) is 11.9 Å². The normalized spacial score (nSPS) is 14.6. The first-order chi connectivity index (χ1) is 17.4. The Balaban J connectivity index is 1.32. The van der Waals surface area contributed by atoms with Crippen LogP contribution in [0, 0.1) is 11.3 Å². The maximum absolute atomic E-state index is 12.7. The molecule has 10 heteroatoms. The van der Waals surface area contributed by atoms with E-state index in [-0.39, 0.29) is 17.3 Å². The van der Waals surface area contributed by atoms with Gasteiger partial charge in [-0.15, -0.1) is 0 Å². The van der Waals surface area contributed by atoms with Crippen LogP contribution in [0.2, 0.25) is 5.02 Å². The first-order valence-corrected chi connectivity index (χ1v) is 11.4. The van der Waals surface area contributed by atoms with Gasteiger partial charge >= 0.3 is 0 Å². The van der Waals surface area contributed by atoms with Crippen LogP contribution in [-0.2, 0) is 0 Å². The number of nitrogens with zero attached hydrogens (tertiary/aromatic N) is 3. The van der Waals surface area contributed by atoms with E-state index in [1.54, 1.807) is 60.8 Å². The number of rotatable bonds is 5. The van der Waals surface area contributed by atoms with Crippen molar-refractivity contribution in [1.29, 1.82) is 5.26 Å². The lowest BCUT2D eigenvalue weighted by molar-refractivity contribution is -0.0675. The fraction of sp³-hybridized carbons (Fsp3) is 0.154. The number of carbonyl (C=O) groups is 1. The summed E-state index contributed by atoms with van der Waals surface area (Å²) in [5.41, 5.74) is 1.78. The second-order valence-corrected chi connectivity index (χ2v) is 8.57. The van der Waals surface area contributed by atoms with Gasteiger partial charge in [0.1, 0.15) is 23.3 Å². The predicted molar refractivity (Wildman–Crippen MR) is 131 cm³/mol. The molecule has 1 amide bonds. The van der Waals surface area contributed by atoms with Crippen LogP contribution in [0.3, 0.4) is 0 Å². The third kappa shape index (κ3) is 4.78. The number of nitriles is 1. The molecule has 0 saturated heterocycles. The molecule has 0 spiro atoms. The molecular weight excluding hydrogens is 484 g/mol. The third-order valence-electron chi connectivity index (χ3n) is 5.79. The Labute approximate surface area is 210 Å². The SMILES string of the molecule is N#Cc1cc2c(cc1Oc1ccc(C(=O)Nc3ncc4cc(Cl)ccc4n3)cc1)OCCC2C(O)O. The topological polar surface area (TPSA) is 138 Å². The summed E-state index contributed by atoms with van der Waals surface area (Å²) in [7, 11) is 0. The van der Waals surface area contributed by atoms with Crippen LogP contribution < -0.4 is 14.8 Å². The van der Waals surface area contributed by atoms with Crippen LogP contribution in [0.25, 0.3) is 10.9 Å². The molecule has 0 bridgehead atoms. The third-order valence-corrected chi connectivity index (χ3v) is 6.02. The van der Waals surface area contributed by atoms with Crippen LogP contribution in [0.15, 0.2) is 60.8 Å². The number of nitrogens with one attached hydrogen (secondary N) is 1. The average molecular weight is 503 g/mol. The molecule has 5 rings (SSSR count). The highest BCUT2D eigenvalue weighted by molar-refractivity contribution is 6.31. The van der Waals surface area contributed by atoms with E-state index in [0.717, 1.165) is 5.39 Å². The summed E-state index contributed by atoms with van der Waals surface area (Å²) < 4.78 is 11.5. The van der Waals surface area contributed by atoms with Gasteiger partial charge in [-0.3, -0.25) is 10.1 Å². The van der Waals surface area contributed by atoms with Crippen molar-refractivity contribution in [3.05, 3.63) is 82.5 Å². The molecule has 36 heavy (non-hydrogen) atoms. The van der Waals surface area contributed by atoms with Crippen LogP contribution in [0.5, 0.6) is 17.2 Å². The van der Waals surface area contributed by atoms with Gasteiger partial charge in [-0.25, -0.2) is 9.97 Å². The summed E-state index contributed by atoms with van der Waals surface area (Å²) in [4.78, 5) is 21.1. The summed E-state index contributed by atoms with van der Waals surface area (Å²) in [5, 5.41) is 32.9. The van der Waals surface area contributed by atoms with E-state index in [1.807, 2.05) is 0 Å². The molecule has 0 radical (unpaired) electrons. The van der Waals surface area contributed by atoms with E-state index >= 15 is 0 Å². The average Bonchev–Trinajstić information content (AvgIpc) is 2.88. The van der Waals surface area contributed by atoms with Crippen molar-refractivity contribution in [3.63, 3.8) is 0 Å². The van der Waals surface area contributed by atoms with E-state index in [2.05, 4.69) is 21.4 Å². The number of hydrogen-bond acceptors (Lipinski definition) is 8. The van der Waals surface area contributed by atoms with Gasteiger partial charge in [-0.05, 0) is 55.0 Å². The van der Waals surface area contributed by atoms with Gasteiger partial charge in [0.2, 0.25) is 5.95 Å². The highest BCUT2D eigenvalue weighted by atomic mass is 35.5.